The number of carbonyl (C=O) groups is 1. The van der Waals surface area contributed by atoms with Gasteiger partial charge in [0.15, 0.2) is 11.5 Å². The van der Waals surface area contributed by atoms with Crippen molar-refractivity contribution in [3.63, 3.8) is 0 Å². The van der Waals surface area contributed by atoms with Crippen LogP contribution in [0.1, 0.15) is 54.8 Å². The second-order valence-electron chi connectivity index (χ2n) is 9.17. The first-order valence-corrected chi connectivity index (χ1v) is 12.2. The molecule has 2 aliphatic rings. The predicted molar refractivity (Wildman–Crippen MR) is 131 cm³/mol. The van der Waals surface area contributed by atoms with Crippen LogP contribution < -0.4 is 14.8 Å². The van der Waals surface area contributed by atoms with Gasteiger partial charge in [-0.2, -0.15) is 0 Å². The van der Waals surface area contributed by atoms with Crippen molar-refractivity contribution < 1.29 is 14.3 Å². The minimum Gasteiger partial charge on any atom is -0.493 e. The highest BCUT2D eigenvalue weighted by molar-refractivity contribution is 5.76. The number of rotatable bonds is 7. The Kier molecular flexibility index (Phi) is 7.76. The van der Waals surface area contributed by atoms with Crippen LogP contribution in [0, 0.1) is 0 Å². The summed E-state index contributed by atoms with van der Waals surface area (Å²) in [5, 5.41) is 3.19. The van der Waals surface area contributed by atoms with E-state index in [1.54, 1.807) is 14.2 Å². The van der Waals surface area contributed by atoms with E-state index in [0.29, 0.717) is 24.9 Å². The molecule has 1 N–H and O–H groups in total. The smallest absolute Gasteiger partial charge is 0.318 e. The number of hydrogen-bond donors (Lipinski definition) is 1. The van der Waals surface area contributed by atoms with Crippen molar-refractivity contribution in [2.45, 2.75) is 50.6 Å². The van der Waals surface area contributed by atoms with Crippen molar-refractivity contribution in [2.24, 2.45) is 0 Å². The van der Waals surface area contributed by atoms with E-state index in [0.717, 1.165) is 29.8 Å². The summed E-state index contributed by atoms with van der Waals surface area (Å²) < 4.78 is 11.1. The SMILES string of the molecule is COc1cc2c(cc1OC)C(c1ccccc1)N(C(=O)NCCN(C)C1CCCCC1)CC2. The second-order valence-corrected chi connectivity index (χ2v) is 9.17. The van der Waals surface area contributed by atoms with E-state index in [1.165, 1.54) is 37.7 Å². The number of fused-ring (bicyclic) bond motifs is 1. The van der Waals surface area contributed by atoms with Crippen molar-refractivity contribution in [2.75, 3.05) is 40.9 Å². The molecule has 1 atom stereocenters. The Morgan fingerprint density at radius 3 is 2.45 bits per heavy atom. The van der Waals surface area contributed by atoms with Crippen LogP contribution in [0.3, 0.4) is 0 Å². The number of urea groups is 1. The highest BCUT2D eigenvalue weighted by Crippen LogP contribution is 2.41. The van der Waals surface area contributed by atoms with Gasteiger partial charge in [0.2, 0.25) is 0 Å². The van der Waals surface area contributed by atoms with Crippen LogP contribution >= 0.6 is 0 Å². The molecule has 2 aromatic carbocycles. The van der Waals surface area contributed by atoms with Crippen LogP contribution in [0.2, 0.25) is 0 Å². The Bertz CT molecular complexity index is 928. The topological polar surface area (TPSA) is 54.0 Å². The van der Waals surface area contributed by atoms with Crippen LogP contribution in [0.5, 0.6) is 11.5 Å². The molecule has 4 rings (SSSR count). The van der Waals surface area contributed by atoms with E-state index in [9.17, 15) is 4.79 Å². The molecule has 1 heterocycles. The molecule has 2 aromatic rings. The van der Waals surface area contributed by atoms with Crippen LogP contribution in [0.15, 0.2) is 42.5 Å². The van der Waals surface area contributed by atoms with Crippen LogP contribution in [-0.4, -0.2) is 62.8 Å². The molecule has 1 aliphatic carbocycles. The van der Waals surface area contributed by atoms with E-state index in [4.69, 9.17) is 9.47 Å². The first-order valence-electron chi connectivity index (χ1n) is 12.2. The molecule has 1 saturated carbocycles. The quantitative estimate of drug-likeness (QED) is 0.667. The zero-order valence-corrected chi connectivity index (χ0v) is 20.2. The van der Waals surface area contributed by atoms with Gasteiger partial charge in [0.25, 0.3) is 0 Å². The molecule has 0 aromatic heterocycles. The van der Waals surface area contributed by atoms with Crippen LogP contribution in [-0.2, 0) is 6.42 Å². The molecular weight excluding hydrogens is 414 g/mol. The first kappa shape index (κ1) is 23.4. The zero-order valence-electron chi connectivity index (χ0n) is 20.2. The van der Waals surface area contributed by atoms with E-state index >= 15 is 0 Å². The molecule has 1 aliphatic heterocycles. The number of nitrogens with one attached hydrogen (secondary N) is 1. The molecule has 6 heteroatoms. The molecule has 0 radical (unpaired) electrons. The lowest BCUT2D eigenvalue weighted by molar-refractivity contribution is 0.170. The number of ether oxygens (including phenoxy) is 2. The molecule has 1 fully saturated rings. The third-order valence-corrected chi connectivity index (χ3v) is 7.19. The number of likely N-dealkylation sites (N-methyl/N-ethyl adjacent to an activating group) is 1. The summed E-state index contributed by atoms with van der Waals surface area (Å²) in [5.41, 5.74) is 3.39. The van der Waals surface area contributed by atoms with Crippen molar-refractivity contribution in [3.8, 4) is 11.5 Å². The zero-order chi connectivity index (χ0) is 23.2. The van der Waals surface area contributed by atoms with Gasteiger partial charge in [0.1, 0.15) is 0 Å². The third kappa shape index (κ3) is 5.27. The predicted octanol–water partition coefficient (Wildman–Crippen LogP) is 4.63. The fourth-order valence-corrected chi connectivity index (χ4v) is 5.30. The largest absolute Gasteiger partial charge is 0.493 e. The van der Waals surface area contributed by atoms with Gasteiger partial charge in [-0.1, -0.05) is 49.6 Å². The van der Waals surface area contributed by atoms with Gasteiger partial charge in [0, 0.05) is 25.7 Å². The summed E-state index contributed by atoms with van der Waals surface area (Å²) in [5.74, 6) is 1.42. The highest BCUT2D eigenvalue weighted by atomic mass is 16.5. The summed E-state index contributed by atoms with van der Waals surface area (Å²) in [4.78, 5) is 17.7. The van der Waals surface area contributed by atoms with Gasteiger partial charge < -0.3 is 24.6 Å². The van der Waals surface area contributed by atoms with E-state index in [2.05, 4.69) is 35.5 Å². The maximum Gasteiger partial charge on any atom is 0.318 e. The van der Waals surface area contributed by atoms with Gasteiger partial charge in [-0.05, 0) is 55.1 Å². The molecule has 2 amide bonds. The molecule has 0 bridgehead atoms. The molecule has 0 spiro atoms. The van der Waals surface area contributed by atoms with Crippen molar-refractivity contribution in [1.29, 1.82) is 0 Å². The highest BCUT2D eigenvalue weighted by Gasteiger charge is 2.33. The second kappa shape index (κ2) is 10.9. The fraction of sp³-hybridized carbons (Fsp3) is 0.519. The molecular formula is C27H37N3O3. The number of carbonyl (C=O) groups excluding carboxylic acids is 1. The van der Waals surface area contributed by atoms with Gasteiger partial charge in [0.05, 0.1) is 20.3 Å². The lowest BCUT2D eigenvalue weighted by atomic mass is 9.88. The lowest BCUT2D eigenvalue weighted by Crippen LogP contribution is -2.48. The maximum atomic E-state index is 13.4. The molecule has 1 unspecified atom stereocenters. The van der Waals surface area contributed by atoms with Gasteiger partial charge >= 0.3 is 6.03 Å². The first-order chi connectivity index (χ1) is 16.1. The Balaban J connectivity index is 1.51. The monoisotopic (exact) mass is 451 g/mol. The third-order valence-electron chi connectivity index (χ3n) is 7.19. The minimum absolute atomic E-state index is 0.0127. The van der Waals surface area contributed by atoms with Gasteiger partial charge in [-0.15, -0.1) is 0 Å². The molecule has 6 nitrogen and oxygen atoms in total. The van der Waals surface area contributed by atoms with Gasteiger partial charge in [-0.25, -0.2) is 4.79 Å². The lowest BCUT2D eigenvalue weighted by Gasteiger charge is -2.38. The minimum atomic E-state index is -0.161. The fourth-order valence-electron chi connectivity index (χ4n) is 5.30. The number of nitrogens with zero attached hydrogens (tertiary/aromatic N) is 2. The van der Waals surface area contributed by atoms with E-state index in [-0.39, 0.29) is 12.1 Å². The van der Waals surface area contributed by atoms with Crippen LogP contribution in [0.4, 0.5) is 4.79 Å². The molecule has 0 saturated heterocycles. The summed E-state index contributed by atoms with van der Waals surface area (Å²) in [6.07, 6.45) is 7.33. The number of benzene rings is 2. The number of hydrogen-bond acceptors (Lipinski definition) is 4. The summed E-state index contributed by atoms with van der Waals surface area (Å²) in [6, 6.07) is 14.8. The molecule has 33 heavy (non-hydrogen) atoms. The number of amides is 2. The molecule has 178 valence electrons. The van der Waals surface area contributed by atoms with E-state index in [1.807, 2.05) is 29.2 Å². The van der Waals surface area contributed by atoms with Gasteiger partial charge in [-0.3, -0.25) is 0 Å². The van der Waals surface area contributed by atoms with Crippen molar-refractivity contribution >= 4 is 6.03 Å². The number of methoxy groups -OCH3 is 2. The summed E-state index contributed by atoms with van der Waals surface area (Å²) >= 11 is 0. The average Bonchev–Trinajstić information content (AvgIpc) is 2.87. The normalized spacial score (nSPS) is 18.7. The Labute approximate surface area is 197 Å². The van der Waals surface area contributed by atoms with Crippen molar-refractivity contribution in [1.82, 2.24) is 15.1 Å². The average molecular weight is 452 g/mol. The standard InChI is InChI=1S/C27H37N3O3/c1-29(22-12-8-5-9-13-22)17-15-28-27(31)30-16-14-21-18-24(32-2)25(33-3)19-23(21)26(30)20-10-6-4-7-11-20/h4,6-7,10-11,18-19,22,26H,5,8-9,12-17H2,1-3H3,(H,28,31). The summed E-state index contributed by atoms with van der Waals surface area (Å²) in [7, 11) is 5.50. The summed E-state index contributed by atoms with van der Waals surface area (Å²) in [6.45, 7) is 2.19. The van der Waals surface area contributed by atoms with Crippen LogP contribution in [0.25, 0.3) is 0 Å². The van der Waals surface area contributed by atoms with E-state index < -0.39 is 0 Å². The van der Waals surface area contributed by atoms with Crippen molar-refractivity contribution in [3.05, 3.63) is 59.2 Å². The Hall–Kier alpha value is -2.73. The Morgan fingerprint density at radius 2 is 1.76 bits per heavy atom. The maximum absolute atomic E-state index is 13.4. The Morgan fingerprint density at radius 1 is 1.06 bits per heavy atom.